The van der Waals surface area contributed by atoms with Gasteiger partial charge < -0.3 is 10.6 Å². The van der Waals surface area contributed by atoms with Crippen molar-refractivity contribution in [3.8, 4) is 0 Å². The van der Waals surface area contributed by atoms with Crippen molar-refractivity contribution in [1.29, 1.82) is 0 Å². The molecule has 0 spiro atoms. The van der Waals surface area contributed by atoms with Crippen molar-refractivity contribution in [1.82, 2.24) is 9.97 Å². The van der Waals surface area contributed by atoms with Gasteiger partial charge in [0, 0.05) is 18.7 Å². The van der Waals surface area contributed by atoms with Gasteiger partial charge in [0.15, 0.2) is 0 Å². The Bertz CT molecular complexity index is 360. The highest BCUT2D eigenvalue weighted by Crippen LogP contribution is 2.29. The van der Waals surface area contributed by atoms with Crippen LogP contribution in [0.3, 0.4) is 0 Å². The zero-order valence-corrected chi connectivity index (χ0v) is 11.6. The van der Waals surface area contributed by atoms with E-state index in [-0.39, 0.29) is 0 Å². The molecule has 4 nitrogen and oxygen atoms in total. The SMILES string of the molecule is CCN(CC(C)C)c1ncnc(N)c1C(C)C. The van der Waals surface area contributed by atoms with E-state index in [1.807, 2.05) is 0 Å². The fraction of sp³-hybridized carbons (Fsp3) is 0.692. The molecule has 1 aromatic rings. The molecule has 0 saturated carbocycles. The Morgan fingerprint density at radius 2 is 1.88 bits per heavy atom. The monoisotopic (exact) mass is 236 g/mol. The highest BCUT2D eigenvalue weighted by atomic mass is 15.2. The van der Waals surface area contributed by atoms with E-state index in [4.69, 9.17) is 5.73 Å². The maximum absolute atomic E-state index is 5.97. The molecule has 2 N–H and O–H groups in total. The lowest BCUT2D eigenvalue weighted by atomic mass is 10.0. The molecule has 0 aromatic carbocycles. The molecule has 0 atom stereocenters. The molecule has 0 saturated heterocycles. The van der Waals surface area contributed by atoms with Crippen LogP contribution >= 0.6 is 0 Å². The van der Waals surface area contributed by atoms with Gasteiger partial charge in [0.1, 0.15) is 18.0 Å². The molecule has 4 heteroatoms. The van der Waals surface area contributed by atoms with Gasteiger partial charge in [0.05, 0.1) is 0 Å². The Morgan fingerprint density at radius 3 is 2.35 bits per heavy atom. The first kappa shape index (κ1) is 13.7. The third-order valence-electron chi connectivity index (χ3n) is 2.74. The lowest BCUT2D eigenvalue weighted by molar-refractivity contribution is 0.610. The molecule has 1 aromatic heterocycles. The maximum Gasteiger partial charge on any atom is 0.137 e. The Kier molecular flexibility index (Phi) is 4.73. The Morgan fingerprint density at radius 1 is 1.24 bits per heavy atom. The van der Waals surface area contributed by atoms with Crippen LogP contribution in [0, 0.1) is 5.92 Å². The standard InChI is InChI=1S/C13H24N4/c1-6-17(7-9(2)3)13-11(10(4)5)12(14)15-8-16-13/h8-10H,6-7H2,1-5H3,(H2,14,15,16). The third-order valence-corrected chi connectivity index (χ3v) is 2.74. The molecule has 0 unspecified atom stereocenters. The van der Waals surface area contributed by atoms with E-state index in [2.05, 4.69) is 49.5 Å². The summed E-state index contributed by atoms with van der Waals surface area (Å²) in [5.74, 6) is 2.54. The third kappa shape index (κ3) is 3.32. The minimum Gasteiger partial charge on any atom is -0.383 e. The Labute approximate surface area is 104 Å². The predicted molar refractivity (Wildman–Crippen MR) is 73.3 cm³/mol. The van der Waals surface area contributed by atoms with Crippen LogP contribution < -0.4 is 10.6 Å². The van der Waals surface area contributed by atoms with Crippen LogP contribution in [0.4, 0.5) is 11.6 Å². The normalized spacial score (nSPS) is 11.2. The van der Waals surface area contributed by atoms with E-state index in [9.17, 15) is 0 Å². The molecule has 0 aliphatic heterocycles. The van der Waals surface area contributed by atoms with Crippen molar-refractivity contribution < 1.29 is 0 Å². The minimum absolute atomic E-state index is 0.340. The minimum atomic E-state index is 0.340. The predicted octanol–water partition coefficient (Wildman–Crippen LogP) is 2.66. The van der Waals surface area contributed by atoms with Gasteiger partial charge in [0.2, 0.25) is 0 Å². The molecule has 96 valence electrons. The summed E-state index contributed by atoms with van der Waals surface area (Å²) in [4.78, 5) is 10.8. The van der Waals surface area contributed by atoms with E-state index < -0.39 is 0 Å². The molecule has 17 heavy (non-hydrogen) atoms. The summed E-state index contributed by atoms with van der Waals surface area (Å²) in [6.45, 7) is 12.7. The van der Waals surface area contributed by atoms with Gasteiger partial charge in [-0.25, -0.2) is 9.97 Å². The van der Waals surface area contributed by atoms with E-state index in [1.165, 1.54) is 0 Å². The van der Waals surface area contributed by atoms with Gasteiger partial charge in [-0.2, -0.15) is 0 Å². The van der Waals surface area contributed by atoms with Gasteiger partial charge in [0.25, 0.3) is 0 Å². The summed E-state index contributed by atoms with van der Waals surface area (Å²) in [7, 11) is 0. The van der Waals surface area contributed by atoms with Gasteiger partial charge in [-0.3, -0.25) is 0 Å². The Hall–Kier alpha value is -1.32. The van der Waals surface area contributed by atoms with Crippen molar-refractivity contribution in [3.63, 3.8) is 0 Å². The second-order valence-electron chi connectivity index (χ2n) is 5.08. The zero-order valence-electron chi connectivity index (χ0n) is 11.6. The van der Waals surface area contributed by atoms with Gasteiger partial charge in [-0.15, -0.1) is 0 Å². The van der Waals surface area contributed by atoms with Crippen LogP contribution in [-0.4, -0.2) is 23.1 Å². The number of anilines is 2. The number of rotatable bonds is 5. The fourth-order valence-corrected chi connectivity index (χ4v) is 2.01. The largest absolute Gasteiger partial charge is 0.383 e. The summed E-state index contributed by atoms with van der Waals surface area (Å²) < 4.78 is 0. The summed E-state index contributed by atoms with van der Waals surface area (Å²) in [5, 5.41) is 0. The number of nitrogens with zero attached hydrogens (tertiary/aromatic N) is 3. The second kappa shape index (κ2) is 5.84. The molecular weight excluding hydrogens is 212 g/mol. The molecule has 0 aliphatic rings. The lowest BCUT2D eigenvalue weighted by Gasteiger charge is -2.27. The van der Waals surface area contributed by atoms with Crippen LogP contribution in [0.2, 0.25) is 0 Å². The summed E-state index contributed by atoms with van der Waals surface area (Å²) >= 11 is 0. The molecule has 0 amide bonds. The van der Waals surface area contributed by atoms with Gasteiger partial charge in [-0.05, 0) is 18.8 Å². The smallest absolute Gasteiger partial charge is 0.137 e. The van der Waals surface area contributed by atoms with E-state index in [0.717, 1.165) is 24.5 Å². The number of nitrogen functional groups attached to an aromatic ring is 1. The summed E-state index contributed by atoms with van der Waals surface area (Å²) in [5.41, 5.74) is 7.03. The van der Waals surface area contributed by atoms with Crippen molar-refractivity contribution in [2.75, 3.05) is 23.7 Å². The number of hydrogen-bond acceptors (Lipinski definition) is 4. The van der Waals surface area contributed by atoms with Gasteiger partial charge in [-0.1, -0.05) is 27.7 Å². The van der Waals surface area contributed by atoms with E-state index in [0.29, 0.717) is 17.7 Å². The number of nitrogens with two attached hydrogens (primary N) is 1. The van der Waals surface area contributed by atoms with Crippen molar-refractivity contribution in [2.24, 2.45) is 5.92 Å². The number of hydrogen-bond donors (Lipinski definition) is 1. The average Bonchev–Trinajstić information content (AvgIpc) is 2.24. The maximum atomic E-state index is 5.97. The fourth-order valence-electron chi connectivity index (χ4n) is 2.01. The van der Waals surface area contributed by atoms with Crippen molar-refractivity contribution in [3.05, 3.63) is 11.9 Å². The summed E-state index contributed by atoms with van der Waals surface area (Å²) in [6.07, 6.45) is 1.56. The second-order valence-corrected chi connectivity index (χ2v) is 5.08. The summed E-state index contributed by atoms with van der Waals surface area (Å²) in [6, 6.07) is 0. The van der Waals surface area contributed by atoms with Crippen LogP contribution in [0.1, 0.15) is 46.1 Å². The first-order valence-corrected chi connectivity index (χ1v) is 6.32. The highest BCUT2D eigenvalue weighted by Gasteiger charge is 2.18. The average molecular weight is 236 g/mol. The van der Waals surface area contributed by atoms with Crippen LogP contribution in [0.25, 0.3) is 0 Å². The van der Waals surface area contributed by atoms with Crippen LogP contribution in [0.15, 0.2) is 6.33 Å². The zero-order chi connectivity index (χ0) is 13.0. The first-order valence-electron chi connectivity index (χ1n) is 6.32. The van der Waals surface area contributed by atoms with E-state index >= 15 is 0 Å². The molecule has 1 rings (SSSR count). The molecular formula is C13H24N4. The topological polar surface area (TPSA) is 55.0 Å². The molecule has 0 fully saturated rings. The van der Waals surface area contributed by atoms with Gasteiger partial charge >= 0.3 is 0 Å². The molecule has 0 bridgehead atoms. The quantitative estimate of drug-likeness (QED) is 0.854. The lowest BCUT2D eigenvalue weighted by Crippen LogP contribution is -2.29. The van der Waals surface area contributed by atoms with E-state index in [1.54, 1.807) is 6.33 Å². The molecule has 0 radical (unpaired) electrons. The molecule has 1 heterocycles. The highest BCUT2D eigenvalue weighted by molar-refractivity contribution is 5.58. The van der Waals surface area contributed by atoms with Crippen molar-refractivity contribution >= 4 is 11.6 Å². The van der Waals surface area contributed by atoms with Crippen LogP contribution in [0.5, 0.6) is 0 Å². The van der Waals surface area contributed by atoms with Crippen LogP contribution in [-0.2, 0) is 0 Å². The first-order chi connectivity index (χ1) is 7.97. The van der Waals surface area contributed by atoms with Crippen molar-refractivity contribution in [2.45, 2.75) is 40.5 Å². The number of aromatic nitrogens is 2. The molecule has 0 aliphatic carbocycles. The Balaban J connectivity index is 3.14.